The van der Waals surface area contributed by atoms with Crippen molar-refractivity contribution in [1.82, 2.24) is 0 Å². The highest BCUT2D eigenvalue weighted by molar-refractivity contribution is 5.76. The van der Waals surface area contributed by atoms with Gasteiger partial charge in [-0.25, -0.2) is 13.2 Å². The Morgan fingerprint density at radius 2 is 1.41 bits per heavy atom. The maximum absolute atomic E-state index is 13.8. The van der Waals surface area contributed by atoms with Crippen molar-refractivity contribution in [2.24, 2.45) is 0 Å². The van der Waals surface area contributed by atoms with Gasteiger partial charge in [-0.05, 0) is 12.1 Å². The van der Waals surface area contributed by atoms with Crippen molar-refractivity contribution in [3.8, 4) is 11.1 Å². The van der Waals surface area contributed by atoms with Gasteiger partial charge in [0.15, 0.2) is 5.82 Å². The summed E-state index contributed by atoms with van der Waals surface area (Å²) in [6, 6.07) is 6.29. The van der Waals surface area contributed by atoms with Crippen molar-refractivity contribution in [2.75, 3.05) is 11.5 Å². The van der Waals surface area contributed by atoms with Gasteiger partial charge in [-0.3, -0.25) is 0 Å². The second-order valence-corrected chi connectivity index (χ2v) is 3.53. The van der Waals surface area contributed by atoms with Gasteiger partial charge in [0, 0.05) is 11.1 Å². The molecule has 17 heavy (non-hydrogen) atoms. The predicted molar refractivity (Wildman–Crippen MR) is 60.6 cm³/mol. The van der Waals surface area contributed by atoms with E-state index < -0.39 is 28.8 Å². The Morgan fingerprint density at radius 1 is 0.765 bits per heavy atom. The third-order valence-corrected chi connectivity index (χ3v) is 2.46. The molecule has 0 saturated carbocycles. The lowest BCUT2D eigenvalue weighted by Crippen LogP contribution is -2.03. The molecule has 4 N–H and O–H groups in total. The molecule has 0 aliphatic rings. The molecular formula is C12H9F3N2. The molecule has 88 valence electrons. The van der Waals surface area contributed by atoms with Crippen LogP contribution in [0.25, 0.3) is 11.1 Å². The van der Waals surface area contributed by atoms with E-state index in [2.05, 4.69) is 0 Å². The second kappa shape index (κ2) is 4.01. The van der Waals surface area contributed by atoms with Crippen molar-refractivity contribution in [3.05, 3.63) is 47.8 Å². The average Bonchev–Trinajstić information content (AvgIpc) is 2.32. The van der Waals surface area contributed by atoms with Crippen molar-refractivity contribution in [1.29, 1.82) is 0 Å². The average molecular weight is 238 g/mol. The molecule has 2 nitrogen and oxygen atoms in total. The summed E-state index contributed by atoms with van der Waals surface area (Å²) < 4.78 is 40.6. The summed E-state index contributed by atoms with van der Waals surface area (Å²) in [6.07, 6.45) is 0. The summed E-state index contributed by atoms with van der Waals surface area (Å²) in [4.78, 5) is 0. The van der Waals surface area contributed by atoms with E-state index in [4.69, 9.17) is 11.5 Å². The van der Waals surface area contributed by atoms with Crippen LogP contribution in [0.15, 0.2) is 30.3 Å². The number of hydrogen-bond acceptors (Lipinski definition) is 2. The minimum atomic E-state index is -0.922. The fourth-order valence-electron chi connectivity index (χ4n) is 1.54. The molecule has 0 fully saturated rings. The van der Waals surface area contributed by atoms with Crippen molar-refractivity contribution < 1.29 is 13.2 Å². The third kappa shape index (κ3) is 1.80. The van der Waals surface area contributed by atoms with E-state index in [1.807, 2.05) is 0 Å². The molecule has 0 radical (unpaired) electrons. The van der Waals surface area contributed by atoms with Gasteiger partial charge in [-0.1, -0.05) is 18.2 Å². The highest BCUT2D eigenvalue weighted by atomic mass is 19.1. The first kappa shape index (κ1) is 11.3. The fourth-order valence-corrected chi connectivity index (χ4v) is 1.54. The van der Waals surface area contributed by atoms with E-state index in [0.29, 0.717) is 0 Å². The standard InChI is InChI=1S/C12H9F3N2/c13-8-4-2-1-3-6(8)7-5-9(14)11(16)12(17)10(7)15/h1-5H,16-17H2. The van der Waals surface area contributed by atoms with Crippen LogP contribution in [-0.2, 0) is 0 Å². The van der Waals surface area contributed by atoms with Crippen LogP contribution in [0.1, 0.15) is 0 Å². The Morgan fingerprint density at radius 3 is 2.06 bits per heavy atom. The maximum Gasteiger partial charge on any atom is 0.156 e. The Kier molecular flexibility index (Phi) is 2.67. The molecule has 0 atom stereocenters. The molecule has 0 aromatic heterocycles. The van der Waals surface area contributed by atoms with Crippen molar-refractivity contribution >= 4 is 11.4 Å². The van der Waals surface area contributed by atoms with Crippen LogP contribution in [0.2, 0.25) is 0 Å². The molecule has 2 aromatic carbocycles. The number of anilines is 2. The van der Waals surface area contributed by atoms with Gasteiger partial charge in [-0.15, -0.1) is 0 Å². The van der Waals surface area contributed by atoms with Gasteiger partial charge in [0.05, 0.1) is 11.4 Å². The summed E-state index contributed by atoms with van der Waals surface area (Å²) in [5.74, 6) is -2.45. The lowest BCUT2D eigenvalue weighted by atomic mass is 10.0. The highest BCUT2D eigenvalue weighted by Crippen LogP contribution is 2.33. The predicted octanol–water partition coefficient (Wildman–Crippen LogP) is 2.94. The molecular weight excluding hydrogens is 229 g/mol. The molecule has 0 aliphatic heterocycles. The smallest absolute Gasteiger partial charge is 0.156 e. The third-order valence-electron chi connectivity index (χ3n) is 2.46. The van der Waals surface area contributed by atoms with Crippen molar-refractivity contribution in [2.45, 2.75) is 0 Å². The molecule has 2 rings (SSSR count). The zero-order valence-corrected chi connectivity index (χ0v) is 8.68. The highest BCUT2D eigenvalue weighted by Gasteiger charge is 2.17. The number of nitrogen functional groups attached to an aromatic ring is 2. The van der Waals surface area contributed by atoms with Crippen LogP contribution < -0.4 is 11.5 Å². The van der Waals surface area contributed by atoms with Gasteiger partial charge in [0.1, 0.15) is 11.6 Å². The Balaban J connectivity index is 2.73. The normalized spacial score (nSPS) is 10.5. The molecule has 0 spiro atoms. The first-order valence-corrected chi connectivity index (χ1v) is 4.80. The maximum atomic E-state index is 13.8. The molecule has 0 bridgehead atoms. The van der Waals surface area contributed by atoms with Crippen LogP contribution in [0.5, 0.6) is 0 Å². The number of halogens is 3. The van der Waals surface area contributed by atoms with Crippen LogP contribution in [-0.4, -0.2) is 0 Å². The quantitative estimate of drug-likeness (QED) is 0.750. The zero-order chi connectivity index (χ0) is 12.6. The second-order valence-electron chi connectivity index (χ2n) is 3.53. The summed E-state index contributed by atoms with van der Waals surface area (Å²) in [7, 11) is 0. The van der Waals surface area contributed by atoms with Gasteiger partial charge in [0.25, 0.3) is 0 Å². The minimum Gasteiger partial charge on any atom is -0.395 e. The summed E-state index contributed by atoms with van der Waals surface area (Å²) in [5, 5.41) is 0. The number of rotatable bonds is 1. The van der Waals surface area contributed by atoms with Crippen LogP contribution in [0, 0.1) is 17.5 Å². The largest absolute Gasteiger partial charge is 0.395 e. The van der Waals surface area contributed by atoms with Crippen LogP contribution >= 0.6 is 0 Å². The summed E-state index contributed by atoms with van der Waals surface area (Å²) in [6.45, 7) is 0. The van der Waals surface area contributed by atoms with E-state index in [1.165, 1.54) is 18.2 Å². The molecule has 0 amide bonds. The van der Waals surface area contributed by atoms with Gasteiger partial charge in [-0.2, -0.15) is 0 Å². The summed E-state index contributed by atoms with van der Waals surface area (Å²) in [5.41, 5.74) is 9.26. The molecule has 5 heteroatoms. The lowest BCUT2D eigenvalue weighted by molar-refractivity contribution is 0.604. The number of nitrogens with two attached hydrogens (primary N) is 2. The first-order valence-electron chi connectivity index (χ1n) is 4.80. The van der Waals surface area contributed by atoms with Crippen molar-refractivity contribution in [3.63, 3.8) is 0 Å². The fraction of sp³-hybridized carbons (Fsp3) is 0. The van der Waals surface area contributed by atoms with Gasteiger partial charge < -0.3 is 11.5 Å². The van der Waals surface area contributed by atoms with Gasteiger partial charge in [0.2, 0.25) is 0 Å². The topological polar surface area (TPSA) is 52.0 Å². The molecule has 0 saturated heterocycles. The molecule has 2 aromatic rings. The SMILES string of the molecule is Nc1c(F)cc(-c2ccccc2F)c(F)c1N. The van der Waals surface area contributed by atoms with E-state index in [-0.39, 0.29) is 11.1 Å². The van der Waals surface area contributed by atoms with Crippen LogP contribution in [0.4, 0.5) is 24.5 Å². The van der Waals surface area contributed by atoms with E-state index >= 15 is 0 Å². The minimum absolute atomic E-state index is 0.0596. The van der Waals surface area contributed by atoms with Gasteiger partial charge >= 0.3 is 0 Å². The monoisotopic (exact) mass is 238 g/mol. The lowest BCUT2D eigenvalue weighted by Gasteiger charge is -2.09. The van der Waals surface area contributed by atoms with E-state index in [9.17, 15) is 13.2 Å². The Hall–Kier alpha value is -2.17. The zero-order valence-electron chi connectivity index (χ0n) is 8.68. The van der Waals surface area contributed by atoms with E-state index in [0.717, 1.165) is 12.1 Å². The Bertz CT molecular complexity index is 582. The van der Waals surface area contributed by atoms with E-state index in [1.54, 1.807) is 0 Å². The number of hydrogen-bond donors (Lipinski definition) is 2. The van der Waals surface area contributed by atoms with Crippen LogP contribution in [0.3, 0.4) is 0 Å². The summed E-state index contributed by atoms with van der Waals surface area (Å²) >= 11 is 0. The molecule has 0 heterocycles. The molecule has 0 unspecified atom stereocenters. The Labute approximate surface area is 95.7 Å². The first-order chi connectivity index (χ1) is 8.02. The molecule has 0 aliphatic carbocycles. The number of benzene rings is 2.